The van der Waals surface area contributed by atoms with Crippen molar-refractivity contribution in [1.29, 1.82) is 0 Å². The van der Waals surface area contributed by atoms with Crippen molar-refractivity contribution in [2.45, 2.75) is 23.7 Å². The molecule has 1 aliphatic carbocycles. The van der Waals surface area contributed by atoms with Gasteiger partial charge in [0.25, 0.3) is 10.0 Å². The second-order valence-electron chi connectivity index (χ2n) is 8.79. The van der Waals surface area contributed by atoms with E-state index >= 15 is 0 Å². The number of para-hydroxylation sites is 1. The summed E-state index contributed by atoms with van der Waals surface area (Å²) >= 11 is 0. The van der Waals surface area contributed by atoms with E-state index in [4.69, 9.17) is 4.74 Å². The number of ether oxygens (including phenoxy) is 1. The Bertz CT molecular complexity index is 1700. The minimum atomic E-state index is -3.95. The van der Waals surface area contributed by atoms with E-state index in [1.165, 1.54) is 10.3 Å². The summed E-state index contributed by atoms with van der Waals surface area (Å²) < 4.78 is 34.2. The maximum atomic E-state index is 13.8. The topological polar surface area (TPSA) is 103 Å². The van der Waals surface area contributed by atoms with E-state index in [0.29, 0.717) is 34.3 Å². The molecule has 0 aliphatic heterocycles. The molecule has 1 N–H and O–H groups in total. The van der Waals surface area contributed by atoms with Crippen molar-refractivity contribution in [1.82, 2.24) is 13.9 Å². The van der Waals surface area contributed by atoms with Gasteiger partial charge in [0, 0.05) is 17.0 Å². The number of fused-ring (bicyclic) bond motifs is 1. The van der Waals surface area contributed by atoms with Crippen LogP contribution in [0.1, 0.15) is 24.5 Å². The summed E-state index contributed by atoms with van der Waals surface area (Å²) in [5.41, 5.74) is 2.86. The van der Waals surface area contributed by atoms with Gasteiger partial charge in [-0.2, -0.15) is 0 Å². The Morgan fingerprint density at radius 3 is 2.24 bits per heavy atom. The van der Waals surface area contributed by atoms with Gasteiger partial charge in [0.05, 0.1) is 16.3 Å². The van der Waals surface area contributed by atoms with E-state index < -0.39 is 16.1 Å². The second kappa shape index (κ2) is 9.18. The number of benzene rings is 3. The van der Waals surface area contributed by atoms with Gasteiger partial charge in [-0.1, -0.05) is 48.5 Å². The van der Waals surface area contributed by atoms with Gasteiger partial charge in [0.2, 0.25) is 0 Å². The normalized spacial score (nSPS) is 13.4. The summed E-state index contributed by atoms with van der Waals surface area (Å²) in [6.07, 6.45) is 2.86. The lowest BCUT2D eigenvalue weighted by Crippen LogP contribution is -2.16. The molecule has 0 saturated heterocycles. The van der Waals surface area contributed by atoms with E-state index in [0.717, 1.165) is 23.9 Å². The molecular formula is C28H22N4O4S. The first-order chi connectivity index (χ1) is 18.0. The van der Waals surface area contributed by atoms with Crippen molar-refractivity contribution in [3.05, 3.63) is 103 Å². The summed E-state index contributed by atoms with van der Waals surface area (Å²) in [6, 6.07) is 25.8. The summed E-state index contributed by atoms with van der Waals surface area (Å²) in [7, 11) is -3.95. The fourth-order valence-electron chi connectivity index (χ4n) is 4.30. The van der Waals surface area contributed by atoms with Crippen LogP contribution in [0.2, 0.25) is 0 Å². The van der Waals surface area contributed by atoms with E-state index in [-0.39, 0.29) is 4.90 Å². The van der Waals surface area contributed by atoms with Crippen LogP contribution in [0.15, 0.2) is 102 Å². The van der Waals surface area contributed by atoms with Gasteiger partial charge in [0.15, 0.2) is 5.65 Å². The van der Waals surface area contributed by atoms with Crippen LogP contribution in [0, 0.1) is 0 Å². The van der Waals surface area contributed by atoms with Crippen molar-refractivity contribution in [3.63, 3.8) is 0 Å². The molecule has 0 spiro atoms. The molecule has 3 aromatic carbocycles. The third-order valence-electron chi connectivity index (χ3n) is 6.21. The van der Waals surface area contributed by atoms with E-state index in [2.05, 4.69) is 15.3 Å². The zero-order chi connectivity index (χ0) is 25.4. The highest BCUT2D eigenvalue weighted by atomic mass is 32.2. The first-order valence-corrected chi connectivity index (χ1v) is 13.3. The third-order valence-corrected chi connectivity index (χ3v) is 7.93. The zero-order valence-electron chi connectivity index (χ0n) is 19.6. The average molecular weight is 511 g/mol. The molecule has 1 aliphatic rings. The molecule has 9 heteroatoms. The van der Waals surface area contributed by atoms with Crippen molar-refractivity contribution < 1.29 is 17.9 Å². The molecule has 5 aromatic rings. The molecule has 37 heavy (non-hydrogen) atoms. The number of nitrogens with one attached hydrogen (secondary N) is 1. The Labute approximate surface area is 213 Å². The number of carbonyl (C=O) groups is 1. The molecular weight excluding hydrogens is 488 g/mol. The van der Waals surface area contributed by atoms with Crippen LogP contribution in [0.25, 0.3) is 22.3 Å². The van der Waals surface area contributed by atoms with Crippen LogP contribution in [0.4, 0.5) is 10.5 Å². The molecule has 184 valence electrons. The van der Waals surface area contributed by atoms with Gasteiger partial charge < -0.3 is 4.74 Å². The standard InChI is InChI=1S/C28H22N4O4S/c33-28(36-22-7-3-1-4-8-22)31-21-15-13-19(14-16-21)25-17-24-26(20-11-12-20)29-18-30-27(24)32(25)37(34,35)23-9-5-2-6-10-23/h1-10,13-18,20H,11-12H2,(H,31,33). The predicted molar refractivity (Wildman–Crippen MR) is 140 cm³/mol. The largest absolute Gasteiger partial charge is 0.417 e. The highest BCUT2D eigenvalue weighted by Gasteiger charge is 2.31. The van der Waals surface area contributed by atoms with Crippen LogP contribution in [-0.4, -0.2) is 28.5 Å². The maximum Gasteiger partial charge on any atom is 0.417 e. The monoisotopic (exact) mass is 510 g/mol. The number of hydrogen-bond acceptors (Lipinski definition) is 6. The zero-order valence-corrected chi connectivity index (χ0v) is 20.4. The summed E-state index contributed by atoms with van der Waals surface area (Å²) in [6.45, 7) is 0. The van der Waals surface area contributed by atoms with Crippen molar-refractivity contribution in [2.24, 2.45) is 0 Å². The number of carbonyl (C=O) groups excluding carboxylic acids is 1. The number of hydrogen-bond donors (Lipinski definition) is 1. The van der Waals surface area contributed by atoms with Crippen molar-refractivity contribution in [3.8, 4) is 17.0 Å². The van der Waals surface area contributed by atoms with Gasteiger partial charge in [-0.25, -0.2) is 27.2 Å². The Morgan fingerprint density at radius 2 is 1.57 bits per heavy atom. The third kappa shape index (κ3) is 4.45. The van der Waals surface area contributed by atoms with Crippen LogP contribution < -0.4 is 10.1 Å². The van der Waals surface area contributed by atoms with Crippen molar-refractivity contribution in [2.75, 3.05) is 5.32 Å². The Balaban J connectivity index is 1.39. The summed E-state index contributed by atoms with van der Waals surface area (Å²) in [4.78, 5) is 21.3. The molecule has 6 rings (SSSR count). The number of aromatic nitrogens is 3. The Morgan fingerprint density at radius 1 is 0.892 bits per heavy atom. The minimum absolute atomic E-state index is 0.169. The van der Waals surface area contributed by atoms with Crippen LogP contribution in [-0.2, 0) is 10.0 Å². The molecule has 8 nitrogen and oxygen atoms in total. The van der Waals surface area contributed by atoms with E-state index in [1.807, 2.05) is 12.1 Å². The molecule has 0 atom stereocenters. The Kier molecular flexibility index (Phi) is 5.69. The fourth-order valence-corrected chi connectivity index (χ4v) is 5.80. The molecule has 1 saturated carbocycles. The number of amides is 1. The SMILES string of the molecule is O=C(Nc1ccc(-c2cc3c(C4CC4)ncnc3n2S(=O)(=O)c2ccccc2)cc1)Oc1ccccc1. The average Bonchev–Trinajstić information content (AvgIpc) is 3.68. The van der Waals surface area contributed by atoms with Gasteiger partial charge in [0.1, 0.15) is 12.1 Å². The smallest absolute Gasteiger partial charge is 0.410 e. The lowest BCUT2D eigenvalue weighted by molar-refractivity contribution is 0.215. The van der Waals surface area contributed by atoms with Crippen molar-refractivity contribution >= 4 is 32.8 Å². The number of nitrogens with zero attached hydrogens (tertiary/aromatic N) is 3. The van der Waals surface area contributed by atoms with Crippen LogP contribution in [0.5, 0.6) is 5.75 Å². The molecule has 0 radical (unpaired) electrons. The van der Waals surface area contributed by atoms with E-state index in [1.54, 1.807) is 78.9 Å². The molecule has 0 unspecified atom stereocenters. The number of rotatable bonds is 6. The first kappa shape index (κ1) is 22.9. The maximum absolute atomic E-state index is 13.8. The highest BCUT2D eigenvalue weighted by molar-refractivity contribution is 7.90. The Hall–Kier alpha value is -4.50. The van der Waals surface area contributed by atoms with Gasteiger partial charge in [-0.3, -0.25) is 5.32 Å². The molecule has 1 amide bonds. The predicted octanol–water partition coefficient (Wildman–Crippen LogP) is 5.82. The van der Waals surface area contributed by atoms with Gasteiger partial charge in [-0.05, 0) is 60.9 Å². The second-order valence-corrected chi connectivity index (χ2v) is 10.6. The first-order valence-electron chi connectivity index (χ1n) is 11.8. The van der Waals surface area contributed by atoms with Crippen LogP contribution >= 0.6 is 0 Å². The molecule has 2 heterocycles. The molecule has 1 fully saturated rings. The summed E-state index contributed by atoms with van der Waals surface area (Å²) in [5.74, 6) is 0.746. The molecule has 2 aromatic heterocycles. The molecule has 0 bridgehead atoms. The summed E-state index contributed by atoms with van der Waals surface area (Å²) in [5, 5.41) is 3.42. The lowest BCUT2D eigenvalue weighted by atomic mass is 10.1. The highest BCUT2D eigenvalue weighted by Crippen LogP contribution is 2.43. The lowest BCUT2D eigenvalue weighted by Gasteiger charge is -2.12. The fraction of sp³-hybridized carbons (Fsp3) is 0.107. The number of anilines is 1. The van der Waals surface area contributed by atoms with Gasteiger partial charge in [-0.15, -0.1) is 0 Å². The van der Waals surface area contributed by atoms with Gasteiger partial charge >= 0.3 is 6.09 Å². The minimum Gasteiger partial charge on any atom is -0.410 e. The van der Waals surface area contributed by atoms with E-state index in [9.17, 15) is 13.2 Å². The van der Waals surface area contributed by atoms with Crippen LogP contribution in [0.3, 0.4) is 0 Å². The quantitative estimate of drug-likeness (QED) is 0.309.